The number of carbonyl (C=O) groups excluding carboxylic acids is 2. The first-order valence-electron chi connectivity index (χ1n) is 12.6. The van der Waals surface area contributed by atoms with Crippen LogP contribution in [0.25, 0.3) is 0 Å². The van der Waals surface area contributed by atoms with Gasteiger partial charge >= 0.3 is 0 Å². The van der Waals surface area contributed by atoms with Gasteiger partial charge in [-0.15, -0.1) is 11.3 Å². The van der Waals surface area contributed by atoms with Gasteiger partial charge in [0.15, 0.2) is 0 Å². The number of benzene rings is 1. The average Bonchev–Trinajstić information content (AvgIpc) is 3.55. The zero-order valence-corrected chi connectivity index (χ0v) is 21.6. The lowest BCUT2D eigenvalue weighted by molar-refractivity contribution is -0.125. The maximum Gasteiger partial charge on any atom is 0.264 e. The van der Waals surface area contributed by atoms with Gasteiger partial charge in [-0.05, 0) is 56.0 Å². The van der Waals surface area contributed by atoms with Crippen molar-refractivity contribution in [2.24, 2.45) is 5.73 Å². The number of amides is 2. The third-order valence-corrected chi connectivity index (χ3v) is 8.16. The Hall–Kier alpha value is -2.26. The number of hydrogen-bond donors (Lipinski definition) is 2. The lowest BCUT2D eigenvalue weighted by Gasteiger charge is -2.29. The van der Waals surface area contributed by atoms with Crippen LogP contribution in [0.3, 0.4) is 0 Å². The van der Waals surface area contributed by atoms with E-state index in [1.807, 2.05) is 17.5 Å². The number of rotatable bonds is 9. The highest BCUT2D eigenvalue weighted by Crippen LogP contribution is 2.28. The Morgan fingerprint density at radius 2 is 1.91 bits per heavy atom. The SMILES string of the molecule is COCCN(Cc1ccc(C)cc1)C1CC(C(=O)NC2CCC(N)CC2)N(C(=O)c2cccs2)C1. The summed E-state index contributed by atoms with van der Waals surface area (Å²) >= 11 is 1.42. The van der Waals surface area contributed by atoms with Crippen molar-refractivity contribution in [3.8, 4) is 0 Å². The molecule has 0 bridgehead atoms. The van der Waals surface area contributed by atoms with Crippen LogP contribution in [-0.4, -0.2) is 72.6 Å². The van der Waals surface area contributed by atoms with Gasteiger partial charge in [0, 0.05) is 44.9 Å². The number of likely N-dealkylation sites (tertiary alicyclic amines) is 1. The lowest BCUT2D eigenvalue weighted by atomic mass is 9.91. The van der Waals surface area contributed by atoms with Crippen LogP contribution < -0.4 is 11.1 Å². The van der Waals surface area contributed by atoms with Crippen LogP contribution in [0.4, 0.5) is 0 Å². The van der Waals surface area contributed by atoms with E-state index in [9.17, 15) is 9.59 Å². The molecule has 2 aromatic rings. The summed E-state index contributed by atoms with van der Waals surface area (Å²) in [5.41, 5.74) is 8.49. The Kier molecular flexibility index (Phi) is 8.94. The highest BCUT2D eigenvalue weighted by Gasteiger charge is 2.42. The lowest BCUT2D eigenvalue weighted by Crippen LogP contribution is -2.50. The second-order valence-corrected chi connectivity index (χ2v) is 10.9. The van der Waals surface area contributed by atoms with Crippen molar-refractivity contribution in [2.45, 2.75) is 69.7 Å². The molecule has 2 amide bonds. The highest BCUT2D eigenvalue weighted by atomic mass is 32.1. The van der Waals surface area contributed by atoms with Gasteiger partial charge < -0.3 is 20.7 Å². The molecule has 35 heavy (non-hydrogen) atoms. The van der Waals surface area contributed by atoms with Gasteiger partial charge in [0.05, 0.1) is 11.5 Å². The molecule has 1 saturated carbocycles. The smallest absolute Gasteiger partial charge is 0.264 e. The molecule has 1 aromatic carbocycles. The van der Waals surface area contributed by atoms with Gasteiger partial charge in [-0.3, -0.25) is 14.5 Å². The fraction of sp³-hybridized carbons (Fsp3) is 0.556. The molecule has 190 valence electrons. The fourth-order valence-corrected chi connectivity index (χ4v) is 5.86. The van der Waals surface area contributed by atoms with Crippen LogP contribution in [0.2, 0.25) is 0 Å². The van der Waals surface area contributed by atoms with Crippen molar-refractivity contribution in [3.63, 3.8) is 0 Å². The Labute approximate surface area is 212 Å². The minimum atomic E-state index is -0.478. The first-order valence-corrected chi connectivity index (χ1v) is 13.5. The first kappa shape index (κ1) is 25.8. The molecular formula is C27H38N4O3S. The van der Waals surface area contributed by atoms with E-state index in [-0.39, 0.29) is 29.9 Å². The quantitative estimate of drug-likeness (QED) is 0.555. The molecule has 7 nitrogen and oxygen atoms in total. The molecule has 2 aliphatic rings. The van der Waals surface area contributed by atoms with E-state index >= 15 is 0 Å². The number of nitrogens with zero attached hydrogens (tertiary/aromatic N) is 2. The van der Waals surface area contributed by atoms with Crippen molar-refractivity contribution < 1.29 is 14.3 Å². The molecule has 0 spiro atoms. The van der Waals surface area contributed by atoms with Gasteiger partial charge in [0.25, 0.3) is 5.91 Å². The van der Waals surface area contributed by atoms with Crippen molar-refractivity contribution in [2.75, 3.05) is 26.8 Å². The van der Waals surface area contributed by atoms with Crippen molar-refractivity contribution >= 4 is 23.2 Å². The maximum atomic E-state index is 13.5. The number of ether oxygens (including phenoxy) is 1. The van der Waals surface area contributed by atoms with Crippen LogP contribution in [0.15, 0.2) is 41.8 Å². The van der Waals surface area contributed by atoms with Crippen LogP contribution in [0.5, 0.6) is 0 Å². The van der Waals surface area contributed by atoms with Crippen LogP contribution in [0.1, 0.15) is 52.9 Å². The summed E-state index contributed by atoms with van der Waals surface area (Å²) in [4.78, 5) is 31.7. The molecule has 1 aliphatic carbocycles. The number of aryl methyl sites for hydroxylation is 1. The number of nitrogens with two attached hydrogens (primary N) is 1. The number of carbonyl (C=O) groups is 2. The van der Waals surface area contributed by atoms with Gasteiger partial charge in [-0.2, -0.15) is 0 Å². The van der Waals surface area contributed by atoms with E-state index in [1.54, 1.807) is 12.0 Å². The molecular weight excluding hydrogens is 460 g/mol. The summed E-state index contributed by atoms with van der Waals surface area (Å²) in [6.45, 7) is 4.70. The summed E-state index contributed by atoms with van der Waals surface area (Å²) in [5, 5.41) is 5.15. The molecule has 8 heteroatoms. The maximum absolute atomic E-state index is 13.5. The molecule has 0 radical (unpaired) electrons. The second kappa shape index (κ2) is 12.1. The second-order valence-electron chi connectivity index (χ2n) is 9.91. The largest absolute Gasteiger partial charge is 0.383 e. The summed E-state index contributed by atoms with van der Waals surface area (Å²) in [6, 6.07) is 12.2. The van der Waals surface area contributed by atoms with E-state index in [4.69, 9.17) is 10.5 Å². The van der Waals surface area contributed by atoms with Crippen LogP contribution in [-0.2, 0) is 16.1 Å². The molecule has 4 rings (SSSR count). The highest BCUT2D eigenvalue weighted by molar-refractivity contribution is 7.12. The molecule has 1 aliphatic heterocycles. The van der Waals surface area contributed by atoms with E-state index < -0.39 is 6.04 Å². The molecule has 1 aromatic heterocycles. The topological polar surface area (TPSA) is 87.9 Å². The van der Waals surface area contributed by atoms with Crippen LogP contribution in [0, 0.1) is 6.92 Å². The molecule has 2 fully saturated rings. The number of hydrogen-bond acceptors (Lipinski definition) is 6. The average molecular weight is 499 g/mol. The third-order valence-electron chi connectivity index (χ3n) is 7.30. The first-order chi connectivity index (χ1) is 16.9. The molecule has 3 N–H and O–H groups in total. The zero-order chi connectivity index (χ0) is 24.8. The van der Waals surface area contributed by atoms with Gasteiger partial charge in [0.2, 0.25) is 5.91 Å². The number of methoxy groups -OCH3 is 1. The van der Waals surface area contributed by atoms with Crippen LogP contribution >= 0.6 is 11.3 Å². The molecule has 1 saturated heterocycles. The van der Waals surface area contributed by atoms with E-state index in [0.29, 0.717) is 24.4 Å². The van der Waals surface area contributed by atoms with Gasteiger partial charge in [0.1, 0.15) is 6.04 Å². The molecule has 2 unspecified atom stereocenters. The molecule has 2 heterocycles. The normalized spacial score (nSPS) is 24.6. The minimum absolute atomic E-state index is 0.0418. The monoisotopic (exact) mass is 498 g/mol. The Morgan fingerprint density at radius 1 is 1.17 bits per heavy atom. The summed E-state index contributed by atoms with van der Waals surface area (Å²) < 4.78 is 5.40. The van der Waals surface area contributed by atoms with E-state index in [0.717, 1.165) is 38.8 Å². The minimum Gasteiger partial charge on any atom is -0.383 e. The summed E-state index contributed by atoms with van der Waals surface area (Å²) in [6.07, 6.45) is 4.27. The van der Waals surface area contributed by atoms with E-state index in [1.165, 1.54) is 22.5 Å². The fourth-order valence-electron chi connectivity index (χ4n) is 5.18. The Bertz CT molecular complexity index is 957. The van der Waals surface area contributed by atoms with E-state index in [2.05, 4.69) is 41.4 Å². The van der Waals surface area contributed by atoms with Crippen molar-refractivity contribution in [1.82, 2.24) is 15.1 Å². The zero-order valence-electron chi connectivity index (χ0n) is 20.8. The van der Waals surface area contributed by atoms with Gasteiger partial charge in [-0.25, -0.2) is 0 Å². The summed E-state index contributed by atoms with van der Waals surface area (Å²) in [7, 11) is 1.71. The van der Waals surface area contributed by atoms with Crippen molar-refractivity contribution in [3.05, 3.63) is 57.8 Å². The predicted molar refractivity (Wildman–Crippen MR) is 139 cm³/mol. The standard InChI is InChI=1S/C27H38N4O3S/c1-19-5-7-20(8-6-19)17-30(13-14-34-2)23-16-24(26(32)29-22-11-9-21(28)10-12-22)31(18-23)27(33)25-4-3-15-35-25/h3-8,15,21-24H,9-14,16-18,28H2,1-2H3,(H,29,32). The Balaban J connectivity index is 1.51. The summed E-state index contributed by atoms with van der Waals surface area (Å²) in [5.74, 6) is -0.102. The number of nitrogens with one attached hydrogen (secondary N) is 1. The Morgan fingerprint density at radius 3 is 2.57 bits per heavy atom. The molecule has 2 atom stereocenters. The number of thiophene rings is 1. The van der Waals surface area contributed by atoms with Crippen molar-refractivity contribution in [1.29, 1.82) is 0 Å². The van der Waals surface area contributed by atoms with Gasteiger partial charge in [-0.1, -0.05) is 35.9 Å². The predicted octanol–water partition coefficient (Wildman–Crippen LogP) is 3.17. The third kappa shape index (κ3) is 6.70.